The maximum absolute atomic E-state index is 13.8. The minimum atomic E-state index is -3.73. The highest BCUT2D eigenvalue weighted by Gasteiger charge is 2.33. The fourth-order valence-electron chi connectivity index (χ4n) is 6.03. The Bertz CT molecular complexity index is 1710. The highest BCUT2D eigenvalue weighted by Crippen LogP contribution is 2.37. The summed E-state index contributed by atoms with van der Waals surface area (Å²) in [5, 5.41) is 6.77. The molecule has 0 bridgehead atoms. The first-order valence-electron chi connectivity index (χ1n) is 14.5. The summed E-state index contributed by atoms with van der Waals surface area (Å²) in [5.74, 6) is 0.217. The van der Waals surface area contributed by atoms with Gasteiger partial charge in [-0.25, -0.2) is 8.42 Å². The number of carbonyl (C=O) groups excluding carboxylic acids is 2. The van der Waals surface area contributed by atoms with Crippen LogP contribution in [0.1, 0.15) is 64.1 Å². The highest BCUT2D eigenvalue weighted by atomic mass is 35.5. The van der Waals surface area contributed by atoms with Crippen molar-refractivity contribution in [2.24, 2.45) is 5.92 Å². The molecule has 1 saturated carbocycles. The van der Waals surface area contributed by atoms with E-state index >= 15 is 0 Å². The maximum atomic E-state index is 13.8. The van der Waals surface area contributed by atoms with Gasteiger partial charge in [0.15, 0.2) is 9.84 Å². The van der Waals surface area contributed by atoms with Gasteiger partial charge in [-0.15, -0.1) is 0 Å². The zero-order valence-corrected chi connectivity index (χ0v) is 25.4. The third-order valence-electron chi connectivity index (χ3n) is 8.56. The lowest BCUT2D eigenvalue weighted by Crippen LogP contribution is -2.42. The average Bonchev–Trinajstić information content (AvgIpc) is 3.45. The normalized spacial score (nSPS) is 19.4. The van der Waals surface area contributed by atoms with Crippen LogP contribution in [-0.4, -0.2) is 55.8 Å². The number of anilines is 1. The van der Waals surface area contributed by atoms with Crippen molar-refractivity contribution in [2.75, 3.05) is 25.0 Å². The van der Waals surface area contributed by atoms with Gasteiger partial charge < -0.3 is 20.5 Å². The molecule has 10 heteroatoms. The van der Waals surface area contributed by atoms with E-state index in [1.165, 1.54) is 25.0 Å². The minimum absolute atomic E-state index is 0.00541. The summed E-state index contributed by atoms with van der Waals surface area (Å²) in [6.45, 7) is 6.32. The van der Waals surface area contributed by atoms with Gasteiger partial charge in [0, 0.05) is 46.8 Å². The topological polar surface area (TPSA) is 111 Å². The molecule has 3 heterocycles. The van der Waals surface area contributed by atoms with E-state index in [4.69, 9.17) is 11.6 Å². The van der Waals surface area contributed by atoms with Crippen LogP contribution in [0.2, 0.25) is 5.02 Å². The first kappa shape index (κ1) is 28.7. The van der Waals surface area contributed by atoms with Crippen molar-refractivity contribution < 1.29 is 18.0 Å². The molecule has 0 radical (unpaired) electrons. The molecule has 2 amide bonds. The fourth-order valence-corrected chi connectivity index (χ4v) is 7.71. The number of H-pyrrole nitrogens is 1. The fraction of sp³-hybridized carbons (Fsp3) is 0.375. The Balaban J connectivity index is 1.27. The highest BCUT2D eigenvalue weighted by molar-refractivity contribution is 7.90. The first-order chi connectivity index (χ1) is 20.1. The summed E-state index contributed by atoms with van der Waals surface area (Å²) in [7, 11) is -3.73. The molecule has 6 rings (SSSR count). The third-order valence-corrected chi connectivity index (χ3v) is 10.6. The molecule has 1 aromatic heterocycles. The third kappa shape index (κ3) is 5.65. The number of carbonyl (C=O) groups is 2. The van der Waals surface area contributed by atoms with Gasteiger partial charge in [-0.2, -0.15) is 0 Å². The molecule has 220 valence electrons. The summed E-state index contributed by atoms with van der Waals surface area (Å²) < 4.78 is 26.6. The van der Waals surface area contributed by atoms with Crippen LogP contribution in [-0.2, 0) is 20.4 Å². The Morgan fingerprint density at radius 1 is 1.12 bits per heavy atom. The van der Waals surface area contributed by atoms with Crippen LogP contribution in [0.25, 0.3) is 11.6 Å². The molecule has 1 saturated heterocycles. The quantitative estimate of drug-likeness (QED) is 0.284. The van der Waals surface area contributed by atoms with Gasteiger partial charge >= 0.3 is 0 Å². The van der Waals surface area contributed by atoms with E-state index in [2.05, 4.69) is 15.6 Å². The molecular weight excluding hydrogens is 572 g/mol. The lowest BCUT2D eigenvalue weighted by molar-refractivity contribution is -0.110. The molecule has 2 fully saturated rings. The zero-order valence-electron chi connectivity index (χ0n) is 23.8. The van der Waals surface area contributed by atoms with E-state index in [0.717, 1.165) is 49.7 Å². The van der Waals surface area contributed by atoms with Crippen LogP contribution >= 0.6 is 11.6 Å². The number of hydrogen-bond acceptors (Lipinski definition) is 5. The number of nitrogens with zero attached hydrogens (tertiary/aromatic N) is 1. The lowest BCUT2D eigenvalue weighted by atomic mass is 10.0. The molecule has 2 aliphatic heterocycles. The second-order valence-corrected chi connectivity index (χ2v) is 14.0. The standard InChI is InChI=1S/C32H35ClN4O4S/c1-19-29(35-20(2)30(19)32(39)37-13-5-7-23(37)17-34-16-21-9-10-21)15-26-25-14-24(11-12-28(25)36-31(26)38)42(40,41)18-22-6-3-4-8-27(22)33/h3-4,6,8,11-12,14-15,21,23,34-35H,5,7,9-10,13,16-18H2,1-2H3,(H,36,38)/b26-15-/t23-/m1/s1. The predicted octanol–water partition coefficient (Wildman–Crippen LogP) is 5.36. The van der Waals surface area contributed by atoms with E-state index in [1.807, 2.05) is 18.7 Å². The van der Waals surface area contributed by atoms with Crippen molar-refractivity contribution in [2.45, 2.75) is 56.2 Å². The molecule has 3 aromatic rings. The van der Waals surface area contributed by atoms with Crippen LogP contribution in [0, 0.1) is 19.8 Å². The van der Waals surface area contributed by atoms with Crippen LogP contribution in [0.3, 0.4) is 0 Å². The van der Waals surface area contributed by atoms with Crippen molar-refractivity contribution in [3.63, 3.8) is 0 Å². The Labute approximate surface area is 251 Å². The van der Waals surface area contributed by atoms with Gasteiger partial charge in [0.2, 0.25) is 0 Å². The van der Waals surface area contributed by atoms with Crippen molar-refractivity contribution in [1.29, 1.82) is 0 Å². The molecule has 1 atom stereocenters. The SMILES string of the molecule is Cc1[nH]c(/C=C2\C(=O)Nc3ccc(S(=O)(=O)Cc4ccccc4Cl)cc32)c(C)c1C(=O)N1CCC[C@@H]1CNCC1CC1. The molecule has 1 aliphatic carbocycles. The Morgan fingerprint density at radius 2 is 1.90 bits per heavy atom. The number of likely N-dealkylation sites (tertiary alicyclic amines) is 1. The van der Waals surface area contributed by atoms with Crippen molar-refractivity contribution >= 4 is 50.6 Å². The van der Waals surface area contributed by atoms with E-state index in [0.29, 0.717) is 38.7 Å². The van der Waals surface area contributed by atoms with E-state index < -0.39 is 9.84 Å². The Kier molecular flexibility index (Phi) is 7.76. The van der Waals surface area contributed by atoms with Gasteiger partial charge in [-0.3, -0.25) is 9.59 Å². The first-order valence-corrected chi connectivity index (χ1v) is 16.5. The summed E-state index contributed by atoms with van der Waals surface area (Å²) in [6, 6.07) is 11.7. The van der Waals surface area contributed by atoms with Gasteiger partial charge in [0.05, 0.1) is 21.8 Å². The van der Waals surface area contributed by atoms with Crippen molar-refractivity contribution in [1.82, 2.24) is 15.2 Å². The van der Waals surface area contributed by atoms with Crippen molar-refractivity contribution in [3.8, 4) is 0 Å². The largest absolute Gasteiger partial charge is 0.358 e. The number of aromatic nitrogens is 1. The van der Waals surface area contributed by atoms with Crippen LogP contribution < -0.4 is 10.6 Å². The predicted molar refractivity (Wildman–Crippen MR) is 165 cm³/mol. The number of fused-ring (bicyclic) bond motifs is 1. The smallest absolute Gasteiger partial charge is 0.256 e. The number of aromatic amines is 1. The molecule has 0 spiro atoms. The Hall–Kier alpha value is -3.40. The van der Waals surface area contributed by atoms with Crippen LogP contribution in [0.15, 0.2) is 47.4 Å². The van der Waals surface area contributed by atoms with E-state index in [-0.39, 0.29) is 28.5 Å². The summed E-state index contributed by atoms with van der Waals surface area (Å²) in [5.41, 5.74) is 4.69. The number of aryl methyl sites for hydroxylation is 1. The van der Waals surface area contributed by atoms with Crippen LogP contribution in [0.5, 0.6) is 0 Å². The molecular formula is C32H35ClN4O4S. The average molecular weight is 607 g/mol. The monoisotopic (exact) mass is 606 g/mol. The van der Waals surface area contributed by atoms with Crippen molar-refractivity contribution in [3.05, 3.63) is 81.1 Å². The van der Waals surface area contributed by atoms with Gasteiger partial charge in [-0.05, 0) is 93.5 Å². The summed E-state index contributed by atoms with van der Waals surface area (Å²) in [4.78, 5) is 32.2. The number of amides is 2. The molecule has 2 aromatic carbocycles. The number of benzene rings is 2. The van der Waals surface area contributed by atoms with E-state index in [1.54, 1.807) is 36.4 Å². The second kappa shape index (κ2) is 11.4. The summed E-state index contributed by atoms with van der Waals surface area (Å²) in [6.07, 6.45) is 6.27. The molecule has 42 heavy (non-hydrogen) atoms. The number of rotatable bonds is 9. The number of sulfone groups is 1. The summed E-state index contributed by atoms with van der Waals surface area (Å²) >= 11 is 6.22. The maximum Gasteiger partial charge on any atom is 0.256 e. The number of nitrogens with one attached hydrogen (secondary N) is 3. The van der Waals surface area contributed by atoms with Gasteiger partial charge in [0.1, 0.15) is 0 Å². The zero-order chi connectivity index (χ0) is 29.6. The van der Waals surface area contributed by atoms with Gasteiger partial charge in [-0.1, -0.05) is 29.8 Å². The Morgan fingerprint density at radius 3 is 2.67 bits per heavy atom. The number of halogens is 1. The number of hydrogen-bond donors (Lipinski definition) is 3. The second-order valence-electron chi connectivity index (χ2n) is 11.6. The van der Waals surface area contributed by atoms with E-state index in [9.17, 15) is 18.0 Å². The van der Waals surface area contributed by atoms with Gasteiger partial charge in [0.25, 0.3) is 11.8 Å². The molecule has 8 nitrogen and oxygen atoms in total. The minimum Gasteiger partial charge on any atom is -0.358 e. The molecule has 0 unspecified atom stereocenters. The lowest BCUT2D eigenvalue weighted by Gasteiger charge is -2.25. The molecule has 3 aliphatic rings. The molecule has 3 N–H and O–H groups in total. The van der Waals surface area contributed by atoms with Crippen LogP contribution in [0.4, 0.5) is 5.69 Å².